The van der Waals surface area contributed by atoms with E-state index >= 15 is 0 Å². The topological polar surface area (TPSA) is 72.3 Å². The number of aromatic nitrogens is 5. The smallest absolute Gasteiger partial charge is 0.422 e. The van der Waals surface area contributed by atoms with E-state index in [9.17, 15) is 22.0 Å². The number of hydrogen-bond acceptors (Lipinski definition) is 6. The zero-order chi connectivity index (χ0) is 24.3. The molecule has 1 fully saturated rings. The van der Waals surface area contributed by atoms with Gasteiger partial charge in [-0.15, -0.1) is 10.2 Å². The van der Waals surface area contributed by atoms with E-state index in [2.05, 4.69) is 34.0 Å². The molecule has 0 bridgehead atoms. The Morgan fingerprint density at radius 3 is 2.41 bits per heavy atom. The van der Waals surface area contributed by atoms with Crippen molar-refractivity contribution < 1.29 is 26.4 Å². The Morgan fingerprint density at radius 2 is 1.79 bits per heavy atom. The summed E-state index contributed by atoms with van der Waals surface area (Å²) >= 11 is 0. The maximum Gasteiger partial charge on any atom is 0.459 e. The van der Waals surface area contributed by atoms with E-state index in [-0.39, 0.29) is 17.2 Å². The van der Waals surface area contributed by atoms with E-state index in [1.807, 2.05) is 4.90 Å². The van der Waals surface area contributed by atoms with Crippen LogP contribution in [0.5, 0.6) is 0 Å². The summed E-state index contributed by atoms with van der Waals surface area (Å²) in [6.45, 7) is 5.35. The molecular weight excluding hydrogens is 459 g/mol. The fourth-order valence-electron chi connectivity index (χ4n) is 4.47. The van der Waals surface area contributed by atoms with Gasteiger partial charge in [0.15, 0.2) is 0 Å². The lowest BCUT2D eigenvalue weighted by atomic mass is 9.86. The number of piperidine rings is 1. The van der Waals surface area contributed by atoms with Crippen LogP contribution >= 0.6 is 0 Å². The lowest BCUT2D eigenvalue weighted by Crippen LogP contribution is -2.37. The molecule has 4 aromatic rings. The molecule has 4 aromatic heterocycles. The Kier molecular flexibility index (Phi) is 5.21. The number of anilines is 1. The second-order valence-electron chi connectivity index (χ2n) is 8.84. The Bertz CT molecular complexity index is 1320. The van der Waals surface area contributed by atoms with Crippen LogP contribution in [0.2, 0.25) is 0 Å². The molecule has 0 amide bonds. The van der Waals surface area contributed by atoms with Crippen LogP contribution in [-0.4, -0.2) is 43.8 Å². The van der Waals surface area contributed by atoms with Crippen LogP contribution in [-0.2, 0) is 5.92 Å². The quantitative estimate of drug-likeness (QED) is 0.361. The molecule has 0 N–H and O–H groups in total. The molecule has 1 aliphatic rings. The first kappa shape index (κ1) is 22.5. The van der Waals surface area contributed by atoms with E-state index in [0.29, 0.717) is 41.6 Å². The van der Waals surface area contributed by atoms with Crippen molar-refractivity contribution in [3.05, 3.63) is 36.5 Å². The average molecular weight is 480 g/mol. The first-order valence-electron chi connectivity index (χ1n) is 10.9. The third-order valence-electron chi connectivity index (χ3n) is 6.46. The van der Waals surface area contributed by atoms with E-state index in [4.69, 9.17) is 4.42 Å². The monoisotopic (exact) mass is 480 g/mol. The van der Waals surface area contributed by atoms with Crippen molar-refractivity contribution in [2.24, 2.45) is 11.8 Å². The number of pyridine rings is 2. The molecule has 0 aromatic carbocycles. The Hall–Kier alpha value is -3.31. The summed E-state index contributed by atoms with van der Waals surface area (Å²) in [4.78, 5) is 9.98. The fourth-order valence-corrected chi connectivity index (χ4v) is 4.47. The molecule has 7 nitrogen and oxygen atoms in total. The molecule has 0 atom stereocenters. The molecule has 1 saturated heterocycles. The zero-order valence-corrected chi connectivity index (χ0v) is 18.4. The molecule has 0 saturated carbocycles. The van der Waals surface area contributed by atoms with Crippen LogP contribution < -0.4 is 4.90 Å². The van der Waals surface area contributed by atoms with Gasteiger partial charge in [0, 0.05) is 30.4 Å². The van der Waals surface area contributed by atoms with Crippen molar-refractivity contribution in [2.75, 3.05) is 18.0 Å². The second kappa shape index (κ2) is 7.88. The van der Waals surface area contributed by atoms with Gasteiger partial charge in [-0.25, -0.2) is 9.97 Å². The van der Waals surface area contributed by atoms with Gasteiger partial charge in [-0.3, -0.25) is 4.40 Å². The highest BCUT2D eigenvalue weighted by Crippen LogP contribution is 2.45. The summed E-state index contributed by atoms with van der Waals surface area (Å²) in [6, 6.07) is 4.16. The van der Waals surface area contributed by atoms with E-state index in [1.54, 1.807) is 12.1 Å². The van der Waals surface area contributed by atoms with Crippen LogP contribution in [0.4, 0.5) is 27.6 Å². The first-order chi connectivity index (χ1) is 16.1. The van der Waals surface area contributed by atoms with Gasteiger partial charge in [-0.05, 0) is 42.9 Å². The number of imidazole rings is 1. The molecule has 5 rings (SSSR count). The largest absolute Gasteiger partial charge is 0.459 e. The second-order valence-corrected chi connectivity index (χ2v) is 8.84. The molecular formula is C22H21F5N6O. The first-order valence-corrected chi connectivity index (χ1v) is 10.9. The van der Waals surface area contributed by atoms with Gasteiger partial charge in [0.2, 0.25) is 6.39 Å². The summed E-state index contributed by atoms with van der Waals surface area (Å²) in [5.74, 6) is -4.10. The predicted molar refractivity (Wildman–Crippen MR) is 114 cm³/mol. The molecule has 1 aliphatic heterocycles. The third-order valence-corrected chi connectivity index (χ3v) is 6.46. The zero-order valence-electron chi connectivity index (χ0n) is 18.4. The number of fused-ring (bicyclic) bond motifs is 3. The molecule has 5 heterocycles. The van der Waals surface area contributed by atoms with Gasteiger partial charge in [0.25, 0.3) is 5.89 Å². The molecule has 0 radical (unpaired) electrons. The van der Waals surface area contributed by atoms with Gasteiger partial charge >= 0.3 is 12.1 Å². The highest BCUT2D eigenvalue weighted by atomic mass is 19.4. The van der Waals surface area contributed by atoms with Crippen molar-refractivity contribution in [1.82, 2.24) is 24.6 Å². The van der Waals surface area contributed by atoms with Crippen molar-refractivity contribution >= 4 is 22.4 Å². The highest BCUT2D eigenvalue weighted by Gasteiger charge is 2.60. The minimum absolute atomic E-state index is 0.0572. The van der Waals surface area contributed by atoms with Crippen LogP contribution in [0.3, 0.4) is 0 Å². The van der Waals surface area contributed by atoms with Crippen molar-refractivity contribution in [3.63, 3.8) is 0 Å². The van der Waals surface area contributed by atoms with Gasteiger partial charge in [0.1, 0.15) is 22.7 Å². The summed E-state index contributed by atoms with van der Waals surface area (Å²) in [7, 11) is 0. The molecule has 180 valence electrons. The molecule has 0 aliphatic carbocycles. The van der Waals surface area contributed by atoms with Crippen molar-refractivity contribution in [3.8, 4) is 11.6 Å². The summed E-state index contributed by atoms with van der Waals surface area (Å²) in [6.07, 6.45) is -1.60. The SMILES string of the molecule is CC(C)C1CCN(c2cc(C(F)(F)C(F)(F)F)nc3c2ccc2nc(-c4nnco4)cn23)CC1. The Balaban J connectivity index is 1.70. The summed E-state index contributed by atoms with van der Waals surface area (Å²) in [5, 5.41) is 7.81. The van der Waals surface area contributed by atoms with Crippen LogP contribution in [0.25, 0.3) is 28.3 Å². The number of nitrogens with zero attached hydrogens (tertiary/aromatic N) is 6. The van der Waals surface area contributed by atoms with E-state index < -0.39 is 17.8 Å². The molecule has 0 spiro atoms. The number of rotatable bonds is 4. The van der Waals surface area contributed by atoms with Gasteiger partial charge in [0.05, 0.1) is 0 Å². The lowest BCUT2D eigenvalue weighted by Gasteiger charge is -2.36. The van der Waals surface area contributed by atoms with Gasteiger partial charge in [-0.2, -0.15) is 22.0 Å². The van der Waals surface area contributed by atoms with Crippen LogP contribution in [0.15, 0.2) is 35.2 Å². The maximum absolute atomic E-state index is 14.5. The molecule has 34 heavy (non-hydrogen) atoms. The standard InChI is InChI=1S/C22H21F5N6O/c1-12(2)13-5-7-32(8-6-13)16-9-17(21(23,24)22(25,26)27)30-19-14(16)3-4-18-29-15(10-33(18)19)20-31-28-11-34-20/h3-4,9-13H,5-8H2,1-2H3. The average Bonchev–Trinajstić information content (AvgIpc) is 3.47. The van der Waals surface area contributed by atoms with Crippen molar-refractivity contribution in [2.45, 2.75) is 38.8 Å². The summed E-state index contributed by atoms with van der Waals surface area (Å²) in [5.41, 5.74) is -0.572. The molecule has 12 heteroatoms. The third kappa shape index (κ3) is 3.64. The van der Waals surface area contributed by atoms with Crippen LogP contribution in [0.1, 0.15) is 32.4 Å². The van der Waals surface area contributed by atoms with Gasteiger partial charge < -0.3 is 9.32 Å². The minimum Gasteiger partial charge on any atom is -0.422 e. The molecule has 0 unspecified atom stereocenters. The number of alkyl halides is 5. The van der Waals surface area contributed by atoms with Crippen molar-refractivity contribution in [1.29, 1.82) is 0 Å². The fraction of sp³-hybridized carbons (Fsp3) is 0.455. The minimum atomic E-state index is -5.78. The number of halogens is 5. The predicted octanol–water partition coefficient (Wildman–Crippen LogP) is 5.46. The Labute approximate surface area is 190 Å². The highest BCUT2D eigenvalue weighted by molar-refractivity contribution is 5.92. The normalized spacial score (nSPS) is 16.3. The summed E-state index contributed by atoms with van der Waals surface area (Å²) < 4.78 is 75.3. The van der Waals surface area contributed by atoms with E-state index in [0.717, 1.165) is 25.3 Å². The van der Waals surface area contributed by atoms with Gasteiger partial charge in [-0.1, -0.05) is 13.8 Å². The maximum atomic E-state index is 14.5. The van der Waals surface area contributed by atoms with Crippen LogP contribution in [0, 0.1) is 11.8 Å². The number of hydrogen-bond donors (Lipinski definition) is 0. The Morgan fingerprint density at radius 1 is 1.06 bits per heavy atom. The van der Waals surface area contributed by atoms with E-state index in [1.165, 1.54) is 10.6 Å². The lowest BCUT2D eigenvalue weighted by molar-refractivity contribution is -0.290.